The first kappa shape index (κ1) is 18.4. The standard InChI is InChI=1S/C17H19FN4O3S/c18-14-9-12(1-2-15(14)21-5-7-24-8-6-21)22-11-13(25-17(22)23)10-20-16(26)3-4-19/h1-2,9,13H,3,5-8,10-11H2,(H,20,26). The third-order valence-electron chi connectivity index (χ3n) is 4.24. The van der Waals surface area contributed by atoms with Crippen LogP contribution in [0, 0.1) is 17.1 Å². The van der Waals surface area contributed by atoms with Crippen LogP contribution < -0.4 is 15.1 Å². The van der Waals surface area contributed by atoms with Gasteiger partial charge >= 0.3 is 6.09 Å². The van der Waals surface area contributed by atoms with E-state index >= 15 is 0 Å². The van der Waals surface area contributed by atoms with Crippen LogP contribution in [0.15, 0.2) is 18.2 Å². The Morgan fingerprint density at radius 3 is 2.88 bits per heavy atom. The van der Waals surface area contributed by atoms with E-state index in [1.807, 2.05) is 11.0 Å². The van der Waals surface area contributed by atoms with E-state index < -0.39 is 12.2 Å². The van der Waals surface area contributed by atoms with E-state index in [4.69, 9.17) is 27.0 Å². The molecular weight excluding hydrogens is 359 g/mol. The van der Waals surface area contributed by atoms with Crippen molar-refractivity contribution in [2.24, 2.45) is 0 Å². The zero-order valence-corrected chi connectivity index (χ0v) is 14.9. The van der Waals surface area contributed by atoms with Crippen molar-refractivity contribution in [1.29, 1.82) is 5.26 Å². The summed E-state index contributed by atoms with van der Waals surface area (Å²) in [5, 5.41) is 11.5. The highest BCUT2D eigenvalue weighted by atomic mass is 32.1. The number of thiocarbonyl (C=S) groups is 1. The molecule has 3 rings (SSSR count). The van der Waals surface area contributed by atoms with Gasteiger partial charge in [-0.25, -0.2) is 9.18 Å². The predicted molar refractivity (Wildman–Crippen MR) is 97.9 cm³/mol. The first-order valence-electron chi connectivity index (χ1n) is 8.32. The number of rotatable bonds is 5. The highest BCUT2D eigenvalue weighted by molar-refractivity contribution is 7.80. The van der Waals surface area contributed by atoms with Crippen molar-refractivity contribution in [3.05, 3.63) is 24.0 Å². The minimum Gasteiger partial charge on any atom is -0.442 e. The smallest absolute Gasteiger partial charge is 0.414 e. The number of ether oxygens (including phenoxy) is 2. The Bertz CT molecular complexity index is 733. The van der Waals surface area contributed by atoms with Gasteiger partial charge in [0.2, 0.25) is 0 Å². The Morgan fingerprint density at radius 1 is 1.42 bits per heavy atom. The second kappa shape index (κ2) is 8.29. The molecule has 1 atom stereocenters. The number of nitriles is 1. The Hall–Kier alpha value is -2.44. The zero-order chi connectivity index (χ0) is 18.5. The molecule has 1 aromatic carbocycles. The molecule has 2 aliphatic heterocycles. The third kappa shape index (κ3) is 4.20. The van der Waals surface area contributed by atoms with Crippen LogP contribution in [0.3, 0.4) is 0 Å². The average Bonchev–Trinajstić information content (AvgIpc) is 3.02. The van der Waals surface area contributed by atoms with Crippen molar-refractivity contribution in [3.63, 3.8) is 0 Å². The van der Waals surface area contributed by atoms with Crippen molar-refractivity contribution in [2.45, 2.75) is 12.5 Å². The molecular formula is C17H19FN4O3S. The molecule has 2 heterocycles. The highest BCUT2D eigenvalue weighted by Crippen LogP contribution is 2.28. The topological polar surface area (TPSA) is 77.8 Å². The van der Waals surface area contributed by atoms with Gasteiger partial charge in [-0.3, -0.25) is 4.90 Å². The first-order chi connectivity index (χ1) is 12.6. The summed E-state index contributed by atoms with van der Waals surface area (Å²) in [6.45, 7) is 3.02. The second-order valence-corrected chi connectivity index (χ2v) is 6.48. The summed E-state index contributed by atoms with van der Waals surface area (Å²) < 4.78 is 25.1. The van der Waals surface area contributed by atoms with Crippen LogP contribution in [-0.4, -0.2) is 56.6 Å². The van der Waals surface area contributed by atoms with E-state index in [0.29, 0.717) is 49.2 Å². The molecule has 0 radical (unpaired) electrons. The Kier molecular flexibility index (Phi) is 5.85. The van der Waals surface area contributed by atoms with E-state index in [9.17, 15) is 9.18 Å². The second-order valence-electron chi connectivity index (χ2n) is 5.99. The molecule has 2 aliphatic rings. The molecule has 138 valence electrons. The highest BCUT2D eigenvalue weighted by Gasteiger charge is 2.32. The average molecular weight is 378 g/mol. The number of nitrogens with zero attached hydrogens (tertiary/aromatic N) is 3. The van der Waals surface area contributed by atoms with Crippen molar-refractivity contribution >= 4 is 34.7 Å². The number of morpholine rings is 1. The fraction of sp³-hybridized carbons (Fsp3) is 0.471. The van der Waals surface area contributed by atoms with Crippen LogP contribution in [0.2, 0.25) is 0 Å². The maximum atomic E-state index is 14.5. The lowest BCUT2D eigenvalue weighted by atomic mass is 10.2. The molecule has 1 N–H and O–H groups in total. The van der Waals surface area contributed by atoms with Gasteiger partial charge in [0, 0.05) is 13.1 Å². The molecule has 1 unspecified atom stereocenters. The van der Waals surface area contributed by atoms with Gasteiger partial charge in [0.25, 0.3) is 0 Å². The number of carbonyl (C=O) groups excluding carboxylic acids is 1. The molecule has 0 saturated carbocycles. The van der Waals surface area contributed by atoms with Crippen LogP contribution in [0.4, 0.5) is 20.6 Å². The molecule has 0 aromatic heterocycles. The lowest BCUT2D eigenvalue weighted by molar-refractivity contribution is 0.122. The molecule has 0 spiro atoms. The molecule has 2 fully saturated rings. The maximum absolute atomic E-state index is 14.5. The summed E-state index contributed by atoms with van der Waals surface area (Å²) >= 11 is 4.98. The van der Waals surface area contributed by atoms with Crippen molar-refractivity contribution in [1.82, 2.24) is 5.32 Å². The minimum absolute atomic E-state index is 0.119. The lowest BCUT2D eigenvalue weighted by Crippen LogP contribution is -2.36. The number of cyclic esters (lactones) is 1. The van der Waals surface area contributed by atoms with Crippen LogP contribution in [0.1, 0.15) is 6.42 Å². The number of benzene rings is 1. The van der Waals surface area contributed by atoms with Gasteiger partial charge in [-0.2, -0.15) is 5.26 Å². The quantitative estimate of drug-likeness (QED) is 0.783. The largest absolute Gasteiger partial charge is 0.442 e. The number of hydrogen-bond acceptors (Lipinski definition) is 6. The summed E-state index contributed by atoms with van der Waals surface area (Å²) in [4.78, 5) is 15.8. The Morgan fingerprint density at radius 2 is 2.19 bits per heavy atom. The molecule has 2 saturated heterocycles. The summed E-state index contributed by atoms with van der Waals surface area (Å²) in [6, 6.07) is 6.69. The summed E-state index contributed by atoms with van der Waals surface area (Å²) in [7, 11) is 0. The van der Waals surface area contributed by atoms with Gasteiger partial charge in [0.05, 0.1) is 55.2 Å². The lowest BCUT2D eigenvalue weighted by Gasteiger charge is -2.29. The van der Waals surface area contributed by atoms with Crippen LogP contribution >= 0.6 is 12.2 Å². The van der Waals surface area contributed by atoms with E-state index in [1.165, 1.54) is 11.0 Å². The van der Waals surface area contributed by atoms with Gasteiger partial charge in [-0.15, -0.1) is 0 Å². The van der Waals surface area contributed by atoms with Crippen LogP contribution in [-0.2, 0) is 9.47 Å². The Balaban J connectivity index is 1.63. The number of anilines is 2. The fourth-order valence-corrected chi connectivity index (χ4v) is 3.07. The number of amides is 1. The van der Waals surface area contributed by atoms with Gasteiger partial charge in [-0.05, 0) is 18.2 Å². The Labute approximate surface area is 156 Å². The van der Waals surface area contributed by atoms with Crippen molar-refractivity contribution in [3.8, 4) is 6.07 Å². The monoisotopic (exact) mass is 378 g/mol. The van der Waals surface area contributed by atoms with Crippen molar-refractivity contribution in [2.75, 3.05) is 49.2 Å². The fourth-order valence-electron chi connectivity index (χ4n) is 2.93. The molecule has 1 aromatic rings. The van der Waals surface area contributed by atoms with Crippen molar-refractivity contribution < 1.29 is 18.7 Å². The summed E-state index contributed by atoms with van der Waals surface area (Å²) in [5.74, 6) is -0.381. The first-order valence-corrected chi connectivity index (χ1v) is 8.73. The molecule has 7 nitrogen and oxygen atoms in total. The summed E-state index contributed by atoms with van der Waals surface area (Å²) in [5.41, 5.74) is 0.955. The zero-order valence-electron chi connectivity index (χ0n) is 14.1. The summed E-state index contributed by atoms with van der Waals surface area (Å²) in [6.07, 6.45) is -0.823. The molecule has 0 bridgehead atoms. The molecule has 26 heavy (non-hydrogen) atoms. The normalized spacial score (nSPS) is 19.8. The molecule has 0 aliphatic carbocycles. The van der Waals surface area contributed by atoms with E-state index in [2.05, 4.69) is 5.32 Å². The predicted octanol–water partition coefficient (Wildman–Crippen LogP) is 1.82. The number of carbonyl (C=O) groups is 1. The van der Waals surface area contributed by atoms with Gasteiger partial charge in [0.15, 0.2) is 0 Å². The molecule has 1 amide bonds. The van der Waals surface area contributed by atoms with E-state index in [-0.39, 0.29) is 18.8 Å². The number of halogens is 1. The van der Waals surface area contributed by atoms with Gasteiger partial charge < -0.3 is 19.7 Å². The maximum Gasteiger partial charge on any atom is 0.414 e. The minimum atomic E-state index is -0.526. The van der Waals surface area contributed by atoms with Crippen LogP contribution in [0.25, 0.3) is 0 Å². The molecule has 9 heteroatoms. The van der Waals surface area contributed by atoms with E-state index in [0.717, 1.165) is 0 Å². The third-order valence-corrected chi connectivity index (χ3v) is 4.52. The SMILES string of the molecule is N#CCC(=S)NCC1CN(c2ccc(N3CCOCC3)c(F)c2)C(=O)O1. The van der Waals surface area contributed by atoms with E-state index in [1.54, 1.807) is 12.1 Å². The van der Waals surface area contributed by atoms with Gasteiger partial charge in [-0.1, -0.05) is 12.2 Å². The number of hydrogen-bond donors (Lipinski definition) is 1. The van der Waals surface area contributed by atoms with Gasteiger partial charge in [0.1, 0.15) is 11.9 Å². The van der Waals surface area contributed by atoms with Crippen LogP contribution in [0.5, 0.6) is 0 Å². The number of nitrogens with one attached hydrogen (secondary N) is 1.